The molecule has 0 atom stereocenters. The Morgan fingerprint density at radius 1 is 0.440 bits per heavy atom. The lowest BCUT2D eigenvalue weighted by atomic mass is 9.97. The number of fused-ring (bicyclic) bond motifs is 3. The molecule has 0 fully saturated rings. The van der Waals surface area contributed by atoms with Crippen LogP contribution >= 0.6 is 0 Å². The first-order valence-corrected chi connectivity index (χ1v) is 8.50. The summed E-state index contributed by atoms with van der Waals surface area (Å²) in [7, 11) is 0. The third kappa shape index (κ3) is 2.33. The lowest BCUT2D eigenvalue weighted by molar-refractivity contribution is 1.24. The van der Waals surface area contributed by atoms with Crippen molar-refractivity contribution >= 4 is 11.4 Å². The minimum Gasteiger partial charge on any atom is -0.247 e. The summed E-state index contributed by atoms with van der Waals surface area (Å²) in [5.41, 5.74) is 9.39. The van der Waals surface area contributed by atoms with Crippen LogP contribution in [-0.4, -0.2) is 0 Å². The molecule has 0 spiro atoms. The van der Waals surface area contributed by atoms with Crippen LogP contribution in [0.3, 0.4) is 0 Å². The van der Waals surface area contributed by atoms with Crippen molar-refractivity contribution in [3.63, 3.8) is 0 Å². The molecule has 25 heavy (non-hydrogen) atoms. The Kier molecular flexibility index (Phi) is 3.17. The molecule has 0 saturated heterocycles. The van der Waals surface area contributed by atoms with Gasteiger partial charge in [0.2, 0.25) is 0 Å². The fraction of sp³-hybridized carbons (Fsp3) is 0. The molecular weight excluding hydrogens is 302 g/mol. The maximum absolute atomic E-state index is 4.98. The second-order valence-corrected chi connectivity index (χ2v) is 6.28. The molecule has 0 unspecified atom stereocenters. The van der Waals surface area contributed by atoms with E-state index >= 15 is 0 Å². The van der Waals surface area contributed by atoms with Crippen LogP contribution in [0.1, 0.15) is 0 Å². The van der Waals surface area contributed by atoms with Gasteiger partial charge in [0.15, 0.2) is 0 Å². The number of rotatable bonds is 2. The van der Waals surface area contributed by atoms with Crippen molar-refractivity contribution in [2.24, 2.45) is 0 Å². The Hall–Kier alpha value is -3.32. The number of benzene rings is 4. The third-order valence-corrected chi connectivity index (χ3v) is 4.75. The molecule has 1 radical (unpaired) electrons. The van der Waals surface area contributed by atoms with Crippen LogP contribution in [0.2, 0.25) is 0 Å². The molecule has 0 aliphatic carbocycles. The molecule has 1 heterocycles. The van der Waals surface area contributed by atoms with Gasteiger partial charge >= 0.3 is 0 Å². The maximum Gasteiger partial charge on any atom is 0.0794 e. The molecule has 1 aliphatic rings. The molecule has 0 N–H and O–H groups in total. The van der Waals surface area contributed by atoms with Gasteiger partial charge in [-0.2, -0.15) is 0 Å². The van der Waals surface area contributed by atoms with Crippen molar-refractivity contribution in [3.05, 3.63) is 97.1 Å². The van der Waals surface area contributed by atoms with E-state index in [4.69, 9.17) is 5.32 Å². The first-order chi connectivity index (χ1) is 12.4. The number of nitrogens with zero attached hydrogens (tertiary/aromatic N) is 1. The van der Waals surface area contributed by atoms with Gasteiger partial charge in [-0.05, 0) is 22.8 Å². The predicted octanol–water partition coefficient (Wildman–Crippen LogP) is 6.57. The zero-order valence-corrected chi connectivity index (χ0v) is 13.7. The van der Waals surface area contributed by atoms with Crippen LogP contribution in [0, 0.1) is 0 Å². The highest BCUT2D eigenvalue weighted by Crippen LogP contribution is 2.48. The van der Waals surface area contributed by atoms with Crippen molar-refractivity contribution < 1.29 is 0 Å². The summed E-state index contributed by atoms with van der Waals surface area (Å²) in [5.74, 6) is 0. The number of para-hydroxylation sites is 1. The van der Waals surface area contributed by atoms with E-state index in [9.17, 15) is 0 Å². The van der Waals surface area contributed by atoms with Crippen molar-refractivity contribution in [2.75, 3.05) is 0 Å². The summed E-state index contributed by atoms with van der Waals surface area (Å²) in [5, 5.41) is 4.98. The Labute approximate surface area is 147 Å². The molecule has 0 bridgehead atoms. The van der Waals surface area contributed by atoms with Crippen LogP contribution in [0.15, 0.2) is 97.1 Å². The van der Waals surface area contributed by atoms with E-state index in [2.05, 4.69) is 84.9 Å². The van der Waals surface area contributed by atoms with Crippen LogP contribution < -0.4 is 5.32 Å². The third-order valence-electron chi connectivity index (χ3n) is 4.75. The van der Waals surface area contributed by atoms with Gasteiger partial charge in [0.05, 0.1) is 11.4 Å². The van der Waals surface area contributed by atoms with E-state index in [0.717, 1.165) is 11.4 Å². The quantitative estimate of drug-likeness (QED) is 0.349. The van der Waals surface area contributed by atoms with Crippen molar-refractivity contribution in [1.82, 2.24) is 5.32 Å². The summed E-state index contributed by atoms with van der Waals surface area (Å²) >= 11 is 0. The fourth-order valence-corrected chi connectivity index (χ4v) is 3.51. The minimum absolute atomic E-state index is 1.06. The Balaban J connectivity index is 1.62. The molecule has 1 heteroatoms. The molecule has 0 aromatic heterocycles. The van der Waals surface area contributed by atoms with Gasteiger partial charge in [0.1, 0.15) is 0 Å². The SMILES string of the molecule is c1ccc(-c2ccc3c(c2)[N]c2c(-c4ccccc4)cccc2-3)cc1. The van der Waals surface area contributed by atoms with Gasteiger partial charge < -0.3 is 0 Å². The average molecular weight is 318 g/mol. The Bertz CT molecular complexity index is 1050. The molecule has 1 nitrogen and oxygen atoms in total. The molecule has 117 valence electrons. The highest BCUT2D eigenvalue weighted by atomic mass is 14.9. The summed E-state index contributed by atoms with van der Waals surface area (Å²) < 4.78 is 0. The summed E-state index contributed by atoms with van der Waals surface area (Å²) in [6.45, 7) is 0. The highest BCUT2D eigenvalue weighted by molar-refractivity contribution is 5.98. The van der Waals surface area contributed by atoms with E-state index in [1.807, 2.05) is 12.1 Å². The smallest absolute Gasteiger partial charge is 0.0794 e. The first kappa shape index (κ1) is 14.1. The molecule has 4 aromatic carbocycles. The maximum atomic E-state index is 4.98. The zero-order chi connectivity index (χ0) is 16.6. The molecule has 0 saturated carbocycles. The average Bonchev–Trinajstić information content (AvgIpc) is 3.07. The van der Waals surface area contributed by atoms with Crippen LogP contribution in [0.25, 0.3) is 33.4 Å². The van der Waals surface area contributed by atoms with E-state index in [1.54, 1.807) is 0 Å². The van der Waals surface area contributed by atoms with E-state index in [-0.39, 0.29) is 0 Å². The highest BCUT2D eigenvalue weighted by Gasteiger charge is 2.23. The van der Waals surface area contributed by atoms with Gasteiger partial charge in [-0.1, -0.05) is 91.0 Å². The van der Waals surface area contributed by atoms with E-state index in [1.165, 1.54) is 33.4 Å². The summed E-state index contributed by atoms with van der Waals surface area (Å²) in [6, 6.07) is 34.0. The topological polar surface area (TPSA) is 14.1 Å². The van der Waals surface area contributed by atoms with Crippen LogP contribution in [-0.2, 0) is 0 Å². The normalized spacial score (nSPS) is 11.5. The predicted molar refractivity (Wildman–Crippen MR) is 104 cm³/mol. The standard InChI is InChI=1S/C24H16N/c1-3-8-17(9-4-1)19-14-15-21-22-13-7-12-20(18-10-5-2-6-11-18)24(22)25-23(21)16-19/h1-16H. The largest absolute Gasteiger partial charge is 0.247 e. The Morgan fingerprint density at radius 3 is 1.88 bits per heavy atom. The fourth-order valence-electron chi connectivity index (χ4n) is 3.51. The van der Waals surface area contributed by atoms with Crippen molar-refractivity contribution in [3.8, 4) is 33.4 Å². The van der Waals surface area contributed by atoms with E-state index < -0.39 is 0 Å². The molecular formula is C24H16N. The van der Waals surface area contributed by atoms with Gasteiger partial charge in [0, 0.05) is 16.7 Å². The van der Waals surface area contributed by atoms with Gasteiger partial charge in [-0.25, -0.2) is 5.32 Å². The zero-order valence-electron chi connectivity index (χ0n) is 13.7. The molecule has 1 aliphatic heterocycles. The van der Waals surface area contributed by atoms with Crippen molar-refractivity contribution in [1.29, 1.82) is 0 Å². The van der Waals surface area contributed by atoms with Gasteiger partial charge in [0.25, 0.3) is 0 Å². The second-order valence-electron chi connectivity index (χ2n) is 6.28. The van der Waals surface area contributed by atoms with Crippen LogP contribution in [0.4, 0.5) is 11.4 Å². The lowest BCUT2D eigenvalue weighted by Gasteiger charge is -2.07. The van der Waals surface area contributed by atoms with Crippen molar-refractivity contribution in [2.45, 2.75) is 0 Å². The van der Waals surface area contributed by atoms with Gasteiger partial charge in [-0.15, -0.1) is 0 Å². The first-order valence-electron chi connectivity index (χ1n) is 8.50. The second kappa shape index (κ2) is 5.64. The summed E-state index contributed by atoms with van der Waals surface area (Å²) in [6.07, 6.45) is 0. The minimum atomic E-state index is 1.06. The number of hydrogen-bond acceptors (Lipinski definition) is 0. The van der Waals surface area contributed by atoms with E-state index in [0.29, 0.717) is 0 Å². The molecule has 5 rings (SSSR count). The molecule has 0 amide bonds. The van der Waals surface area contributed by atoms with Crippen LogP contribution in [0.5, 0.6) is 0 Å². The van der Waals surface area contributed by atoms with Gasteiger partial charge in [-0.3, -0.25) is 0 Å². The molecule has 4 aromatic rings. The summed E-state index contributed by atoms with van der Waals surface area (Å²) in [4.78, 5) is 0. The monoisotopic (exact) mass is 318 g/mol. The lowest BCUT2D eigenvalue weighted by Crippen LogP contribution is -1.87. The Morgan fingerprint density at radius 2 is 1.12 bits per heavy atom. The number of hydrogen-bond donors (Lipinski definition) is 0.